The van der Waals surface area contributed by atoms with Crippen molar-refractivity contribution in [3.8, 4) is 0 Å². The summed E-state index contributed by atoms with van der Waals surface area (Å²) in [4.78, 5) is 26.6. The van der Waals surface area contributed by atoms with Gasteiger partial charge in [0.25, 0.3) is 0 Å². The summed E-state index contributed by atoms with van der Waals surface area (Å²) in [6.45, 7) is 11.4. The van der Waals surface area contributed by atoms with E-state index in [1.54, 1.807) is 11.0 Å². The number of amides is 2. The average molecular weight is 252 g/mol. The molecule has 1 fully saturated rings. The van der Waals surface area contributed by atoms with Crippen LogP contribution in [0.1, 0.15) is 47.0 Å². The van der Waals surface area contributed by atoms with Crippen LogP contribution in [-0.2, 0) is 9.59 Å². The first kappa shape index (κ1) is 14.7. The number of rotatable bonds is 5. The minimum atomic E-state index is -0.736. The number of nitrogens with zero attached hydrogens (tertiary/aromatic N) is 1. The molecule has 1 saturated heterocycles. The molecule has 2 unspecified atom stereocenters. The van der Waals surface area contributed by atoms with E-state index in [2.05, 4.69) is 11.9 Å². The molecular weight excluding hydrogens is 228 g/mol. The number of hydrogen-bond donors (Lipinski definition) is 1. The van der Waals surface area contributed by atoms with Crippen LogP contribution < -0.4 is 5.32 Å². The average Bonchev–Trinajstić information content (AvgIpc) is 2.39. The molecule has 2 atom stereocenters. The zero-order valence-corrected chi connectivity index (χ0v) is 11.8. The highest BCUT2D eigenvalue weighted by Crippen LogP contribution is 2.27. The minimum absolute atomic E-state index is 0.0198. The van der Waals surface area contributed by atoms with Gasteiger partial charge in [-0.05, 0) is 26.2 Å². The summed E-state index contributed by atoms with van der Waals surface area (Å²) >= 11 is 0. The minimum Gasteiger partial charge on any atom is -0.340 e. The van der Waals surface area contributed by atoms with Gasteiger partial charge < -0.3 is 10.2 Å². The Morgan fingerprint density at radius 2 is 1.94 bits per heavy atom. The third kappa shape index (κ3) is 2.16. The quantitative estimate of drug-likeness (QED) is 0.759. The molecule has 0 bridgehead atoms. The second-order valence-corrected chi connectivity index (χ2v) is 4.89. The predicted molar refractivity (Wildman–Crippen MR) is 72.0 cm³/mol. The van der Waals surface area contributed by atoms with Crippen molar-refractivity contribution >= 4 is 11.8 Å². The SMILES string of the molecule is C=CC(C)N1C(=O)C(CC)(CC)NC(=O)C1CC. The van der Waals surface area contributed by atoms with E-state index in [9.17, 15) is 9.59 Å². The van der Waals surface area contributed by atoms with E-state index in [1.165, 1.54) is 0 Å². The van der Waals surface area contributed by atoms with Crippen LogP contribution in [0.25, 0.3) is 0 Å². The lowest BCUT2D eigenvalue weighted by atomic mass is 9.86. The summed E-state index contributed by atoms with van der Waals surface area (Å²) in [6, 6.07) is -0.498. The molecule has 0 radical (unpaired) electrons. The van der Waals surface area contributed by atoms with E-state index >= 15 is 0 Å². The zero-order chi connectivity index (χ0) is 13.9. The summed E-state index contributed by atoms with van der Waals surface area (Å²) < 4.78 is 0. The van der Waals surface area contributed by atoms with Gasteiger partial charge in [0.2, 0.25) is 11.8 Å². The van der Waals surface area contributed by atoms with Crippen molar-refractivity contribution in [1.82, 2.24) is 10.2 Å². The molecule has 0 aromatic carbocycles. The highest BCUT2D eigenvalue weighted by atomic mass is 16.2. The third-order valence-corrected chi connectivity index (χ3v) is 4.02. The summed E-state index contributed by atoms with van der Waals surface area (Å²) in [5.74, 6) is -0.0270. The monoisotopic (exact) mass is 252 g/mol. The van der Waals surface area contributed by atoms with Crippen molar-refractivity contribution in [1.29, 1.82) is 0 Å². The van der Waals surface area contributed by atoms with E-state index in [0.717, 1.165) is 0 Å². The highest BCUT2D eigenvalue weighted by molar-refractivity contribution is 6.00. The molecule has 4 nitrogen and oxygen atoms in total. The first-order chi connectivity index (χ1) is 8.47. The first-order valence-corrected chi connectivity index (χ1v) is 6.74. The van der Waals surface area contributed by atoms with Crippen molar-refractivity contribution in [2.45, 2.75) is 64.6 Å². The molecule has 1 N–H and O–H groups in total. The van der Waals surface area contributed by atoms with Crippen LogP contribution >= 0.6 is 0 Å². The van der Waals surface area contributed by atoms with Gasteiger partial charge in [0.15, 0.2) is 0 Å². The van der Waals surface area contributed by atoms with Gasteiger partial charge in [0, 0.05) is 6.04 Å². The number of carbonyl (C=O) groups is 2. The topological polar surface area (TPSA) is 49.4 Å². The number of hydrogen-bond acceptors (Lipinski definition) is 2. The Balaban J connectivity index is 3.19. The Bertz CT molecular complexity index is 348. The maximum Gasteiger partial charge on any atom is 0.249 e. The van der Waals surface area contributed by atoms with E-state index in [0.29, 0.717) is 19.3 Å². The Kier molecular flexibility index (Phi) is 4.54. The van der Waals surface area contributed by atoms with E-state index < -0.39 is 5.54 Å². The molecule has 18 heavy (non-hydrogen) atoms. The van der Waals surface area contributed by atoms with Gasteiger partial charge in [-0.25, -0.2) is 0 Å². The Morgan fingerprint density at radius 3 is 2.33 bits per heavy atom. The Hall–Kier alpha value is -1.32. The third-order valence-electron chi connectivity index (χ3n) is 4.02. The van der Waals surface area contributed by atoms with Crippen LogP contribution in [0.3, 0.4) is 0 Å². The standard InChI is InChI=1S/C14H24N2O2/c1-6-10(5)16-11(7-2)12(17)15-14(8-3,9-4)13(16)18/h6,10-11H,1,7-9H2,2-5H3,(H,15,17). The first-order valence-electron chi connectivity index (χ1n) is 6.74. The van der Waals surface area contributed by atoms with Crippen LogP contribution in [0, 0.1) is 0 Å². The van der Waals surface area contributed by atoms with Gasteiger partial charge in [-0.3, -0.25) is 9.59 Å². The number of carbonyl (C=O) groups excluding carboxylic acids is 2. The fourth-order valence-corrected chi connectivity index (χ4v) is 2.58. The Labute approximate surface area is 109 Å². The molecule has 4 heteroatoms. The van der Waals surface area contributed by atoms with Crippen molar-refractivity contribution in [2.24, 2.45) is 0 Å². The fraction of sp³-hybridized carbons (Fsp3) is 0.714. The van der Waals surface area contributed by atoms with Crippen molar-refractivity contribution in [2.75, 3.05) is 0 Å². The van der Waals surface area contributed by atoms with Crippen LogP contribution in [0.15, 0.2) is 12.7 Å². The second-order valence-electron chi connectivity index (χ2n) is 4.89. The summed E-state index contributed by atoms with van der Waals surface area (Å²) in [5, 5.41) is 2.92. The van der Waals surface area contributed by atoms with Crippen LogP contribution in [0.4, 0.5) is 0 Å². The lowest BCUT2D eigenvalue weighted by molar-refractivity contribution is -0.157. The largest absolute Gasteiger partial charge is 0.340 e. The summed E-state index contributed by atoms with van der Waals surface area (Å²) in [6.07, 6.45) is 3.57. The number of nitrogens with one attached hydrogen (secondary N) is 1. The van der Waals surface area contributed by atoms with E-state index in [-0.39, 0.29) is 23.9 Å². The fourth-order valence-electron chi connectivity index (χ4n) is 2.58. The lowest BCUT2D eigenvalue weighted by Gasteiger charge is -2.47. The van der Waals surface area contributed by atoms with Crippen molar-refractivity contribution < 1.29 is 9.59 Å². The normalized spacial score (nSPS) is 24.7. The molecular formula is C14H24N2O2. The van der Waals surface area contributed by atoms with Gasteiger partial charge in [-0.15, -0.1) is 6.58 Å². The molecule has 0 saturated carbocycles. The van der Waals surface area contributed by atoms with Crippen LogP contribution in [-0.4, -0.2) is 34.3 Å². The number of piperazine rings is 1. The van der Waals surface area contributed by atoms with E-state index in [4.69, 9.17) is 0 Å². The van der Waals surface area contributed by atoms with Crippen molar-refractivity contribution in [3.63, 3.8) is 0 Å². The summed E-state index contributed by atoms with van der Waals surface area (Å²) in [5.41, 5.74) is -0.736. The second kappa shape index (κ2) is 5.55. The molecule has 0 aromatic heterocycles. The maximum atomic E-state index is 12.7. The predicted octanol–water partition coefficient (Wildman–Crippen LogP) is 1.86. The van der Waals surface area contributed by atoms with Gasteiger partial charge >= 0.3 is 0 Å². The van der Waals surface area contributed by atoms with Crippen molar-refractivity contribution in [3.05, 3.63) is 12.7 Å². The molecule has 1 heterocycles. The van der Waals surface area contributed by atoms with E-state index in [1.807, 2.05) is 27.7 Å². The molecule has 1 aliphatic rings. The zero-order valence-electron chi connectivity index (χ0n) is 11.8. The van der Waals surface area contributed by atoms with Crippen LogP contribution in [0.2, 0.25) is 0 Å². The molecule has 0 spiro atoms. The summed E-state index contributed by atoms with van der Waals surface area (Å²) in [7, 11) is 0. The molecule has 1 rings (SSSR count). The molecule has 1 aliphatic heterocycles. The van der Waals surface area contributed by atoms with Gasteiger partial charge in [0.05, 0.1) is 0 Å². The molecule has 2 amide bonds. The highest BCUT2D eigenvalue weighted by Gasteiger charge is 2.49. The van der Waals surface area contributed by atoms with Gasteiger partial charge in [-0.2, -0.15) is 0 Å². The molecule has 0 aromatic rings. The lowest BCUT2D eigenvalue weighted by Crippen LogP contribution is -2.71. The van der Waals surface area contributed by atoms with Gasteiger partial charge in [0.1, 0.15) is 11.6 Å². The molecule has 0 aliphatic carbocycles. The van der Waals surface area contributed by atoms with Gasteiger partial charge in [-0.1, -0.05) is 26.8 Å². The maximum absolute atomic E-state index is 12.7. The Morgan fingerprint density at radius 1 is 1.39 bits per heavy atom. The smallest absolute Gasteiger partial charge is 0.249 e. The molecule has 102 valence electrons. The van der Waals surface area contributed by atoms with Crippen LogP contribution in [0.5, 0.6) is 0 Å².